The lowest BCUT2D eigenvalue weighted by Gasteiger charge is -2.29. The van der Waals surface area contributed by atoms with Gasteiger partial charge in [-0.3, -0.25) is 4.79 Å². The van der Waals surface area contributed by atoms with E-state index in [0.29, 0.717) is 11.7 Å². The van der Waals surface area contributed by atoms with Crippen LogP contribution in [0.3, 0.4) is 0 Å². The molecule has 3 aromatic rings. The normalized spacial score (nSPS) is 13.6. The summed E-state index contributed by atoms with van der Waals surface area (Å²) in [5, 5.41) is 9.56. The van der Waals surface area contributed by atoms with Crippen LogP contribution in [-0.4, -0.2) is 38.4 Å². The monoisotopic (exact) mass is 406 g/mol. The van der Waals surface area contributed by atoms with Gasteiger partial charge in [0.05, 0.1) is 11.8 Å². The number of rotatable bonds is 8. The van der Waals surface area contributed by atoms with E-state index in [-0.39, 0.29) is 11.9 Å². The van der Waals surface area contributed by atoms with Crippen molar-refractivity contribution in [1.29, 1.82) is 0 Å². The molecule has 150 valence electrons. The number of thioether (sulfide) groups is 1. The Labute approximate surface area is 176 Å². The minimum absolute atomic E-state index is 0.0753. The summed E-state index contributed by atoms with van der Waals surface area (Å²) >= 11 is 1.48. The van der Waals surface area contributed by atoms with Gasteiger partial charge >= 0.3 is 0 Å². The average molecular weight is 407 g/mol. The quantitative estimate of drug-likeness (QED) is 0.516. The molecule has 1 aliphatic rings. The zero-order valence-corrected chi connectivity index (χ0v) is 17.7. The van der Waals surface area contributed by atoms with Crippen molar-refractivity contribution in [3.05, 3.63) is 77.6 Å². The predicted molar refractivity (Wildman–Crippen MR) is 116 cm³/mol. The van der Waals surface area contributed by atoms with Crippen molar-refractivity contribution < 1.29 is 4.79 Å². The Morgan fingerprint density at radius 3 is 2.17 bits per heavy atom. The Morgan fingerprint density at radius 2 is 1.66 bits per heavy atom. The molecule has 1 amide bonds. The van der Waals surface area contributed by atoms with Gasteiger partial charge in [-0.25, -0.2) is 0 Å². The molecule has 0 N–H and O–H groups in total. The summed E-state index contributed by atoms with van der Waals surface area (Å²) < 4.78 is 2.15. The summed E-state index contributed by atoms with van der Waals surface area (Å²) in [5.41, 5.74) is 2.21. The van der Waals surface area contributed by atoms with E-state index in [9.17, 15) is 4.79 Å². The van der Waals surface area contributed by atoms with Crippen LogP contribution in [0.5, 0.6) is 0 Å². The topological polar surface area (TPSA) is 51.0 Å². The molecule has 0 atom stereocenters. The minimum Gasteiger partial charge on any atom is -0.334 e. The largest absolute Gasteiger partial charge is 0.334 e. The van der Waals surface area contributed by atoms with Crippen molar-refractivity contribution in [3.8, 4) is 0 Å². The molecule has 5 nitrogen and oxygen atoms in total. The lowest BCUT2D eigenvalue weighted by Crippen LogP contribution is -2.33. The number of carbonyl (C=O) groups excluding carboxylic acids is 1. The number of hydrogen-bond donors (Lipinski definition) is 0. The van der Waals surface area contributed by atoms with Crippen LogP contribution < -0.4 is 0 Å². The van der Waals surface area contributed by atoms with Gasteiger partial charge < -0.3 is 9.47 Å². The van der Waals surface area contributed by atoms with E-state index in [2.05, 4.69) is 46.0 Å². The molecular weight excluding hydrogens is 380 g/mol. The summed E-state index contributed by atoms with van der Waals surface area (Å²) in [7, 11) is 1.88. The van der Waals surface area contributed by atoms with Crippen molar-refractivity contribution in [2.24, 2.45) is 0 Å². The highest BCUT2D eigenvalue weighted by atomic mass is 32.2. The molecule has 1 heterocycles. The molecule has 0 saturated heterocycles. The maximum absolute atomic E-state index is 13.1. The standard InChI is InChI=1S/C23H26N4OS/c1-3-27-22(19-14-15-19)24-25-23(27)29-16-20(28)26(2)21(17-10-6-4-7-11-17)18-12-8-5-9-13-18/h4-13,19,21H,3,14-16H2,1-2H3. The lowest BCUT2D eigenvalue weighted by molar-refractivity contribution is -0.128. The van der Waals surface area contributed by atoms with Gasteiger partial charge in [0.1, 0.15) is 5.82 Å². The number of amides is 1. The minimum atomic E-state index is -0.114. The highest BCUT2D eigenvalue weighted by Crippen LogP contribution is 2.40. The van der Waals surface area contributed by atoms with Crippen LogP contribution in [0.2, 0.25) is 0 Å². The van der Waals surface area contributed by atoms with E-state index in [0.717, 1.165) is 28.7 Å². The molecule has 0 unspecified atom stereocenters. The Balaban J connectivity index is 1.51. The predicted octanol–water partition coefficient (Wildman–Crippen LogP) is 4.52. The SMILES string of the molecule is CCn1c(SCC(=O)N(C)C(c2ccccc2)c2ccccc2)nnc1C1CC1. The molecule has 0 aliphatic heterocycles. The van der Waals surface area contributed by atoms with Crippen molar-refractivity contribution in [3.63, 3.8) is 0 Å². The van der Waals surface area contributed by atoms with E-state index in [1.807, 2.05) is 48.3 Å². The second-order valence-corrected chi connectivity index (χ2v) is 8.32. The number of aromatic nitrogens is 3. The summed E-state index contributed by atoms with van der Waals surface area (Å²) in [6.45, 7) is 2.94. The molecule has 0 bridgehead atoms. The fourth-order valence-corrected chi connectivity index (χ4v) is 4.56. The summed E-state index contributed by atoms with van der Waals surface area (Å²) in [4.78, 5) is 14.9. The van der Waals surface area contributed by atoms with Crippen LogP contribution in [-0.2, 0) is 11.3 Å². The first kappa shape index (κ1) is 19.7. The van der Waals surface area contributed by atoms with Gasteiger partial charge in [-0.15, -0.1) is 10.2 Å². The molecule has 4 rings (SSSR count). The van der Waals surface area contributed by atoms with E-state index in [1.54, 1.807) is 0 Å². The van der Waals surface area contributed by atoms with Crippen LogP contribution >= 0.6 is 11.8 Å². The van der Waals surface area contributed by atoms with E-state index in [1.165, 1.54) is 24.6 Å². The molecule has 1 fully saturated rings. The van der Waals surface area contributed by atoms with Gasteiger partial charge in [-0.1, -0.05) is 72.4 Å². The second-order valence-electron chi connectivity index (χ2n) is 7.38. The van der Waals surface area contributed by atoms with Crippen LogP contribution in [0, 0.1) is 0 Å². The zero-order valence-electron chi connectivity index (χ0n) is 16.9. The maximum atomic E-state index is 13.1. The fraction of sp³-hybridized carbons (Fsp3) is 0.348. The molecule has 1 saturated carbocycles. The Hall–Kier alpha value is -2.60. The van der Waals surface area contributed by atoms with Gasteiger partial charge in [0, 0.05) is 19.5 Å². The van der Waals surface area contributed by atoms with Gasteiger partial charge in [-0.05, 0) is 30.9 Å². The number of carbonyl (C=O) groups is 1. The van der Waals surface area contributed by atoms with Gasteiger partial charge in [-0.2, -0.15) is 0 Å². The highest BCUT2D eigenvalue weighted by Gasteiger charge is 2.30. The van der Waals surface area contributed by atoms with E-state index < -0.39 is 0 Å². The Bertz CT molecular complexity index is 914. The molecule has 6 heteroatoms. The third-order valence-electron chi connectivity index (χ3n) is 5.34. The van der Waals surface area contributed by atoms with Gasteiger partial charge in [0.15, 0.2) is 5.16 Å². The second kappa shape index (κ2) is 8.82. The van der Waals surface area contributed by atoms with E-state index >= 15 is 0 Å². The first-order chi connectivity index (χ1) is 14.2. The third-order valence-corrected chi connectivity index (χ3v) is 6.29. The first-order valence-corrected chi connectivity index (χ1v) is 11.1. The molecule has 2 aromatic carbocycles. The van der Waals surface area contributed by atoms with Crippen molar-refractivity contribution in [2.75, 3.05) is 12.8 Å². The summed E-state index contributed by atoms with van der Waals surface area (Å²) in [6, 6.07) is 20.2. The molecular formula is C23H26N4OS. The first-order valence-electron chi connectivity index (χ1n) is 10.1. The smallest absolute Gasteiger partial charge is 0.233 e. The fourth-order valence-electron chi connectivity index (χ4n) is 3.63. The van der Waals surface area contributed by atoms with Crippen molar-refractivity contribution >= 4 is 17.7 Å². The molecule has 0 spiro atoms. The Kier molecular flexibility index (Phi) is 6.00. The zero-order chi connectivity index (χ0) is 20.2. The average Bonchev–Trinajstić information content (AvgIpc) is 3.53. The van der Waals surface area contributed by atoms with Crippen molar-refractivity contribution in [1.82, 2.24) is 19.7 Å². The van der Waals surface area contributed by atoms with Gasteiger partial charge in [0.25, 0.3) is 0 Å². The van der Waals surface area contributed by atoms with Crippen LogP contribution in [0.25, 0.3) is 0 Å². The van der Waals surface area contributed by atoms with Crippen LogP contribution in [0.15, 0.2) is 65.8 Å². The maximum Gasteiger partial charge on any atom is 0.233 e. The molecule has 1 aliphatic carbocycles. The van der Waals surface area contributed by atoms with Gasteiger partial charge in [0.2, 0.25) is 5.91 Å². The number of hydrogen-bond acceptors (Lipinski definition) is 4. The van der Waals surface area contributed by atoms with Crippen molar-refractivity contribution in [2.45, 2.75) is 43.4 Å². The Morgan fingerprint density at radius 1 is 1.07 bits per heavy atom. The van der Waals surface area contributed by atoms with Crippen LogP contribution in [0.4, 0.5) is 0 Å². The lowest BCUT2D eigenvalue weighted by atomic mass is 9.97. The van der Waals surface area contributed by atoms with Crippen LogP contribution in [0.1, 0.15) is 48.7 Å². The summed E-state index contributed by atoms with van der Waals surface area (Å²) in [5.74, 6) is 2.04. The summed E-state index contributed by atoms with van der Waals surface area (Å²) in [6.07, 6.45) is 2.39. The highest BCUT2D eigenvalue weighted by molar-refractivity contribution is 7.99. The molecule has 1 aromatic heterocycles. The van der Waals surface area contributed by atoms with E-state index in [4.69, 9.17) is 0 Å². The molecule has 29 heavy (non-hydrogen) atoms. The number of nitrogens with zero attached hydrogens (tertiary/aromatic N) is 4. The third kappa shape index (κ3) is 4.37. The molecule has 0 radical (unpaired) electrons. The number of benzene rings is 2.